The lowest BCUT2D eigenvalue weighted by Crippen LogP contribution is -2.43. The van der Waals surface area contributed by atoms with Crippen LogP contribution in [0.2, 0.25) is 0 Å². The average Bonchev–Trinajstić information content (AvgIpc) is 3.48. The molecule has 1 aromatic heterocycles. The first-order chi connectivity index (χ1) is 16.6. The van der Waals surface area contributed by atoms with Crippen molar-refractivity contribution in [2.45, 2.75) is 56.9 Å². The number of anilines is 2. The number of benzene rings is 2. The number of aryl methyl sites for hydroxylation is 1. The zero-order chi connectivity index (χ0) is 25.2. The predicted molar refractivity (Wildman–Crippen MR) is 141 cm³/mol. The highest BCUT2D eigenvalue weighted by Crippen LogP contribution is 2.38. The normalized spacial score (nSPS) is 14.6. The molecule has 1 aliphatic carbocycles. The summed E-state index contributed by atoms with van der Waals surface area (Å²) in [5.41, 5.74) is 1.20. The molecule has 9 heteroatoms. The van der Waals surface area contributed by atoms with Crippen LogP contribution in [0.15, 0.2) is 53.4 Å². The Labute approximate surface area is 211 Å². The van der Waals surface area contributed by atoms with E-state index < -0.39 is 15.6 Å². The summed E-state index contributed by atoms with van der Waals surface area (Å²) in [7, 11) is -2.45. The van der Waals surface area contributed by atoms with Gasteiger partial charge >= 0.3 is 0 Å². The molecular formula is C26H31N3O4S2. The lowest BCUT2D eigenvalue weighted by molar-refractivity contribution is -0.126. The van der Waals surface area contributed by atoms with Gasteiger partial charge in [-0.15, -0.1) is 0 Å². The average molecular weight is 514 g/mol. The van der Waals surface area contributed by atoms with Gasteiger partial charge in [0, 0.05) is 11.6 Å². The second kappa shape index (κ2) is 9.99. The third-order valence-electron chi connectivity index (χ3n) is 6.30. The fourth-order valence-electron chi connectivity index (χ4n) is 4.49. The Morgan fingerprint density at radius 3 is 2.46 bits per heavy atom. The van der Waals surface area contributed by atoms with E-state index in [1.165, 1.54) is 18.4 Å². The minimum Gasteiger partial charge on any atom is -0.495 e. The third kappa shape index (κ3) is 5.51. The Bertz CT molecular complexity index is 1310. The molecule has 0 unspecified atom stereocenters. The summed E-state index contributed by atoms with van der Waals surface area (Å²) in [6, 6.07) is 13.8. The molecule has 2 aromatic carbocycles. The molecule has 0 atom stereocenters. The number of Topliss-reactive ketones (excluding diaryl/α,β-unsaturated/α-hetero) is 1. The van der Waals surface area contributed by atoms with Gasteiger partial charge in [-0.25, -0.2) is 13.4 Å². The van der Waals surface area contributed by atoms with E-state index in [2.05, 4.69) is 15.0 Å². The molecule has 0 saturated heterocycles. The largest absolute Gasteiger partial charge is 0.495 e. The lowest BCUT2D eigenvalue weighted by Gasteiger charge is -2.27. The minimum absolute atomic E-state index is 0.0420. The number of sulfonamides is 1. The topological polar surface area (TPSA) is 97.4 Å². The number of para-hydroxylation sites is 1. The van der Waals surface area contributed by atoms with Gasteiger partial charge in [0.2, 0.25) is 0 Å². The highest BCUT2D eigenvalue weighted by molar-refractivity contribution is 7.92. The van der Waals surface area contributed by atoms with Crippen LogP contribution in [-0.4, -0.2) is 31.8 Å². The summed E-state index contributed by atoms with van der Waals surface area (Å²) in [6.45, 7) is 5.68. The van der Waals surface area contributed by atoms with Gasteiger partial charge < -0.3 is 10.1 Å². The number of carbonyl (C=O) groups is 1. The van der Waals surface area contributed by atoms with E-state index in [0.717, 1.165) is 36.3 Å². The number of rotatable bonds is 9. The lowest BCUT2D eigenvalue weighted by atomic mass is 9.88. The maximum absolute atomic E-state index is 13.2. The Hall–Kier alpha value is -2.91. The smallest absolute Gasteiger partial charge is 0.265 e. The number of carbonyl (C=O) groups excluding carboxylic acids is 1. The number of nitrogens with one attached hydrogen (secondary N) is 2. The first-order valence-electron chi connectivity index (χ1n) is 11.7. The number of ketones is 1. The Balaban J connectivity index is 1.63. The van der Waals surface area contributed by atoms with Crippen LogP contribution in [-0.2, 0) is 14.8 Å². The molecule has 1 fully saturated rings. The van der Waals surface area contributed by atoms with Gasteiger partial charge in [-0.2, -0.15) is 0 Å². The van der Waals surface area contributed by atoms with Crippen molar-refractivity contribution in [3.8, 4) is 16.2 Å². The van der Waals surface area contributed by atoms with Crippen LogP contribution in [0.1, 0.15) is 45.2 Å². The monoisotopic (exact) mass is 513 g/mol. The molecule has 0 spiro atoms. The van der Waals surface area contributed by atoms with Crippen molar-refractivity contribution in [3.63, 3.8) is 0 Å². The number of thiazole rings is 1. The van der Waals surface area contributed by atoms with Crippen molar-refractivity contribution in [3.05, 3.63) is 54.2 Å². The summed E-state index contributed by atoms with van der Waals surface area (Å²) < 4.78 is 34.3. The summed E-state index contributed by atoms with van der Waals surface area (Å²) in [5.74, 6) is 0.569. The Kier molecular flexibility index (Phi) is 7.19. The first kappa shape index (κ1) is 25.2. The first-order valence-corrected chi connectivity index (χ1v) is 14.0. The van der Waals surface area contributed by atoms with Gasteiger partial charge in [-0.3, -0.25) is 9.52 Å². The molecule has 0 radical (unpaired) electrons. The van der Waals surface area contributed by atoms with E-state index in [-0.39, 0.29) is 22.3 Å². The van der Waals surface area contributed by atoms with Crippen LogP contribution in [0.5, 0.6) is 5.75 Å². The number of hydrogen-bond donors (Lipinski definition) is 2. The van der Waals surface area contributed by atoms with Gasteiger partial charge in [0.05, 0.1) is 23.2 Å². The van der Waals surface area contributed by atoms with E-state index in [4.69, 9.17) is 4.74 Å². The van der Waals surface area contributed by atoms with Gasteiger partial charge in [0.15, 0.2) is 10.9 Å². The molecule has 0 amide bonds. The van der Waals surface area contributed by atoms with E-state index in [9.17, 15) is 13.2 Å². The van der Waals surface area contributed by atoms with Crippen LogP contribution < -0.4 is 14.8 Å². The standard InChI is InChI=1S/C26H31N3O4S2/c1-17-23(34-25(27-17)28-26(2,3)24(30)18-10-8-9-11-18)19-14-15-21(33-4)22(16-19)35(31,32)29-20-12-6-5-7-13-20/h5-7,12-16,18,29H,8-11H2,1-4H3,(H,27,28). The maximum atomic E-state index is 13.2. The summed E-state index contributed by atoms with van der Waals surface area (Å²) in [5, 5.41) is 3.96. The zero-order valence-corrected chi connectivity index (χ0v) is 22.1. The highest BCUT2D eigenvalue weighted by atomic mass is 32.2. The van der Waals surface area contributed by atoms with Crippen LogP contribution in [0.25, 0.3) is 10.4 Å². The molecule has 35 heavy (non-hydrogen) atoms. The Morgan fingerprint density at radius 2 is 1.80 bits per heavy atom. The maximum Gasteiger partial charge on any atom is 0.265 e. The van der Waals surface area contributed by atoms with Gasteiger partial charge in [-0.1, -0.05) is 42.4 Å². The second-order valence-electron chi connectivity index (χ2n) is 9.37. The number of aromatic nitrogens is 1. The quantitative estimate of drug-likeness (QED) is 0.371. The molecule has 4 rings (SSSR count). The predicted octanol–water partition coefficient (Wildman–Crippen LogP) is 5.88. The highest BCUT2D eigenvalue weighted by Gasteiger charge is 2.35. The molecule has 2 N–H and O–H groups in total. The number of hydrogen-bond acceptors (Lipinski definition) is 7. The number of ether oxygens (including phenoxy) is 1. The number of nitrogens with zero attached hydrogens (tertiary/aromatic N) is 1. The molecule has 7 nitrogen and oxygen atoms in total. The van der Waals surface area contributed by atoms with Gasteiger partial charge in [0.25, 0.3) is 10.0 Å². The SMILES string of the molecule is COc1ccc(-c2sc(NC(C)(C)C(=O)C3CCCC3)nc2C)cc1S(=O)(=O)Nc1ccccc1. The molecule has 0 bridgehead atoms. The molecular weight excluding hydrogens is 482 g/mol. The van der Waals surface area contributed by atoms with Crippen LogP contribution >= 0.6 is 11.3 Å². The van der Waals surface area contributed by atoms with Crippen molar-refractivity contribution in [1.82, 2.24) is 4.98 Å². The molecule has 1 saturated carbocycles. The summed E-state index contributed by atoms with van der Waals surface area (Å²) in [6.07, 6.45) is 4.11. The van der Waals surface area contributed by atoms with E-state index in [1.807, 2.05) is 32.9 Å². The minimum atomic E-state index is -3.89. The summed E-state index contributed by atoms with van der Waals surface area (Å²) >= 11 is 1.41. The van der Waals surface area contributed by atoms with Crippen LogP contribution in [0, 0.1) is 12.8 Å². The third-order valence-corrected chi connectivity index (χ3v) is 8.82. The van der Waals surface area contributed by atoms with Crippen molar-refractivity contribution < 1.29 is 17.9 Å². The molecule has 186 valence electrons. The van der Waals surface area contributed by atoms with Gasteiger partial charge in [0.1, 0.15) is 10.6 Å². The van der Waals surface area contributed by atoms with Crippen LogP contribution in [0.4, 0.5) is 10.8 Å². The van der Waals surface area contributed by atoms with E-state index in [1.54, 1.807) is 36.4 Å². The second-order valence-corrected chi connectivity index (χ2v) is 12.0. The fourth-order valence-corrected chi connectivity index (χ4v) is 6.86. The number of methoxy groups -OCH3 is 1. The zero-order valence-electron chi connectivity index (χ0n) is 20.4. The molecule has 3 aromatic rings. The van der Waals surface area contributed by atoms with Crippen molar-refractivity contribution >= 4 is 38.0 Å². The molecule has 0 aliphatic heterocycles. The van der Waals surface area contributed by atoms with E-state index >= 15 is 0 Å². The van der Waals surface area contributed by atoms with E-state index in [0.29, 0.717) is 16.4 Å². The molecule has 1 heterocycles. The van der Waals surface area contributed by atoms with Crippen molar-refractivity contribution in [2.24, 2.45) is 5.92 Å². The van der Waals surface area contributed by atoms with Crippen molar-refractivity contribution in [2.75, 3.05) is 17.1 Å². The summed E-state index contributed by atoms with van der Waals surface area (Å²) in [4.78, 5) is 18.5. The molecule has 1 aliphatic rings. The van der Waals surface area contributed by atoms with Crippen LogP contribution in [0.3, 0.4) is 0 Å². The van der Waals surface area contributed by atoms with Gasteiger partial charge in [-0.05, 0) is 69.5 Å². The Morgan fingerprint density at radius 1 is 1.11 bits per heavy atom. The van der Waals surface area contributed by atoms with Crippen molar-refractivity contribution in [1.29, 1.82) is 0 Å². The fraction of sp³-hybridized carbons (Fsp3) is 0.385.